The molecule has 2 N–H and O–H groups in total. The quantitative estimate of drug-likeness (QED) is 0.798. The molecule has 0 saturated heterocycles. The Morgan fingerprint density at radius 3 is 1.94 bits per heavy atom. The van der Waals surface area contributed by atoms with Crippen LogP contribution in [0.25, 0.3) is 0 Å². The van der Waals surface area contributed by atoms with Gasteiger partial charge in [-0.1, -0.05) is 13.8 Å². The van der Waals surface area contributed by atoms with Gasteiger partial charge in [-0.15, -0.1) is 0 Å². The van der Waals surface area contributed by atoms with Crippen LogP contribution in [0, 0.1) is 17.8 Å². The van der Waals surface area contributed by atoms with Crippen LogP contribution in [0.4, 0.5) is 0 Å². The Kier molecular flexibility index (Phi) is 4.48. The van der Waals surface area contributed by atoms with E-state index in [1.165, 1.54) is 38.5 Å². The fourth-order valence-corrected chi connectivity index (χ4v) is 3.62. The first kappa shape index (κ1) is 13.4. The third-order valence-electron chi connectivity index (χ3n) is 5.19. The molecule has 2 saturated carbocycles. The van der Waals surface area contributed by atoms with Gasteiger partial charge in [0, 0.05) is 18.6 Å². The van der Waals surface area contributed by atoms with Crippen LogP contribution in [0.5, 0.6) is 0 Å². The van der Waals surface area contributed by atoms with E-state index in [9.17, 15) is 0 Å². The molecule has 0 bridgehead atoms. The summed E-state index contributed by atoms with van der Waals surface area (Å²) in [6.07, 6.45) is 8.45. The number of hydrogen-bond acceptors (Lipinski definition) is 2. The zero-order valence-corrected chi connectivity index (χ0v) is 11.9. The van der Waals surface area contributed by atoms with E-state index in [-0.39, 0.29) is 0 Å². The van der Waals surface area contributed by atoms with E-state index < -0.39 is 0 Å². The minimum absolute atomic E-state index is 0.663. The van der Waals surface area contributed by atoms with Crippen molar-refractivity contribution in [3.8, 4) is 0 Å². The third-order valence-corrected chi connectivity index (χ3v) is 5.19. The molecule has 0 heterocycles. The Morgan fingerprint density at radius 2 is 1.53 bits per heavy atom. The minimum Gasteiger partial charge on any atom is -0.329 e. The molecule has 2 rings (SSSR count). The molecule has 100 valence electrons. The topological polar surface area (TPSA) is 29.3 Å². The summed E-state index contributed by atoms with van der Waals surface area (Å²) in [5.41, 5.74) is 5.96. The van der Waals surface area contributed by atoms with Crippen LogP contribution in [0.15, 0.2) is 0 Å². The predicted octanol–water partition coefficient (Wildman–Crippen LogP) is 2.87. The Labute approximate surface area is 107 Å². The number of nitrogens with zero attached hydrogens (tertiary/aromatic N) is 1. The summed E-state index contributed by atoms with van der Waals surface area (Å²) in [7, 11) is 2.32. The summed E-state index contributed by atoms with van der Waals surface area (Å²) < 4.78 is 0. The van der Waals surface area contributed by atoms with E-state index in [0.717, 1.165) is 30.3 Å². The maximum Gasteiger partial charge on any atom is 0.0246 e. The van der Waals surface area contributed by atoms with Gasteiger partial charge in [0.1, 0.15) is 0 Å². The first-order valence-electron chi connectivity index (χ1n) is 7.55. The van der Waals surface area contributed by atoms with E-state index in [1.54, 1.807) is 0 Å². The molecule has 2 heteroatoms. The highest BCUT2D eigenvalue weighted by Crippen LogP contribution is 2.38. The van der Waals surface area contributed by atoms with Crippen LogP contribution >= 0.6 is 0 Å². The van der Waals surface area contributed by atoms with Crippen LogP contribution in [-0.2, 0) is 0 Å². The third kappa shape index (κ3) is 3.23. The van der Waals surface area contributed by atoms with Crippen LogP contribution in [-0.4, -0.2) is 30.6 Å². The molecule has 0 amide bonds. The maximum absolute atomic E-state index is 5.96. The van der Waals surface area contributed by atoms with Crippen LogP contribution < -0.4 is 5.73 Å². The van der Waals surface area contributed by atoms with Crippen LogP contribution in [0.3, 0.4) is 0 Å². The fourth-order valence-electron chi connectivity index (χ4n) is 3.62. The summed E-state index contributed by atoms with van der Waals surface area (Å²) in [4.78, 5) is 2.62. The van der Waals surface area contributed by atoms with Gasteiger partial charge in [-0.05, 0) is 63.3 Å². The summed E-state index contributed by atoms with van der Waals surface area (Å²) in [5, 5.41) is 0. The van der Waals surface area contributed by atoms with Gasteiger partial charge in [-0.2, -0.15) is 0 Å². The summed E-state index contributed by atoms with van der Waals surface area (Å²) >= 11 is 0. The van der Waals surface area contributed by atoms with Gasteiger partial charge in [0.2, 0.25) is 0 Å². The molecular formula is C15H30N2. The van der Waals surface area contributed by atoms with Gasteiger partial charge >= 0.3 is 0 Å². The molecule has 2 fully saturated rings. The molecule has 0 spiro atoms. The van der Waals surface area contributed by atoms with Crippen molar-refractivity contribution in [2.45, 2.75) is 64.5 Å². The van der Waals surface area contributed by atoms with Crippen molar-refractivity contribution in [2.24, 2.45) is 23.5 Å². The van der Waals surface area contributed by atoms with Gasteiger partial charge in [0.15, 0.2) is 0 Å². The second-order valence-electron chi connectivity index (χ2n) is 6.62. The fraction of sp³-hybridized carbons (Fsp3) is 1.00. The highest BCUT2D eigenvalue weighted by molar-refractivity contribution is 4.91. The monoisotopic (exact) mass is 238 g/mol. The van der Waals surface area contributed by atoms with Gasteiger partial charge in [-0.25, -0.2) is 0 Å². The summed E-state index contributed by atoms with van der Waals surface area (Å²) in [6.45, 7) is 5.61. The number of rotatable bonds is 5. The molecule has 0 aliphatic heterocycles. The Bertz CT molecular complexity index is 227. The molecule has 2 nitrogen and oxygen atoms in total. The molecule has 0 aromatic rings. The first-order valence-corrected chi connectivity index (χ1v) is 7.55. The van der Waals surface area contributed by atoms with Crippen LogP contribution in [0.2, 0.25) is 0 Å². The lowest BCUT2D eigenvalue weighted by molar-refractivity contribution is 0.102. The second kappa shape index (κ2) is 5.71. The van der Waals surface area contributed by atoms with E-state index in [0.29, 0.717) is 6.04 Å². The highest BCUT2D eigenvalue weighted by Gasteiger charge is 2.36. The predicted molar refractivity (Wildman–Crippen MR) is 73.9 cm³/mol. The Balaban J connectivity index is 1.82. The second-order valence-corrected chi connectivity index (χ2v) is 6.62. The van der Waals surface area contributed by atoms with Crippen molar-refractivity contribution in [3.63, 3.8) is 0 Å². The Morgan fingerprint density at radius 1 is 1.00 bits per heavy atom. The van der Waals surface area contributed by atoms with Gasteiger partial charge < -0.3 is 5.73 Å². The molecular weight excluding hydrogens is 208 g/mol. The standard InChI is InChI=1S/C15H30N2/c1-11(2)12-6-8-14(9-7-12)17(3)15(10-16)13-4-5-13/h11-15H,4-10,16H2,1-3H3. The van der Waals surface area contributed by atoms with Gasteiger partial charge in [0.25, 0.3) is 0 Å². The smallest absolute Gasteiger partial charge is 0.0246 e. The zero-order valence-electron chi connectivity index (χ0n) is 11.9. The number of hydrogen-bond donors (Lipinski definition) is 1. The summed E-state index contributed by atoms with van der Waals surface area (Å²) in [6, 6.07) is 1.47. The molecule has 2 aliphatic rings. The SMILES string of the molecule is CC(C)C1CCC(N(C)C(CN)C2CC2)CC1. The minimum atomic E-state index is 0.663. The highest BCUT2D eigenvalue weighted by atomic mass is 15.2. The first-order chi connectivity index (χ1) is 8.13. The largest absolute Gasteiger partial charge is 0.329 e. The summed E-state index contributed by atoms with van der Waals surface area (Å²) in [5.74, 6) is 2.75. The van der Waals surface area contributed by atoms with Gasteiger partial charge in [-0.3, -0.25) is 4.90 Å². The lowest BCUT2D eigenvalue weighted by Crippen LogP contribution is -2.47. The Hall–Kier alpha value is -0.0800. The van der Waals surface area contributed by atoms with Crippen molar-refractivity contribution in [3.05, 3.63) is 0 Å². The molecule has 0 aromatic heterocycles. The molecule has 1 atom stereocenters. The number of nitrogens with two attached hydrogens (primary N) is 1. The van der Waals surface area contributed by atoms with E-state index in [1.807, 2.05) is 0 Å². The van der Waals surface area contributed by atoms with Crippen molar-refractivity contribution < 1.29 is 0 Å². The van der Waals surface area contributed by atoms with E-state index in [2.05, 4.69) is 25.8 Å². The van der Waals surface area contributed by atoms with Crippen molar-refractivity contribution in [1.29, 1.82) is 0 Å². The van der Waals surface area contributed by atoms with Crippen molar-refractivity contribution in [1.82, 2.24) is 4.90 Å². The van der Waals surface area contributed by atoms with Crippen molar-refractivity contribution >= 4 is 0 Å². The normalized spacial score (nSPS) is 32.1. The maximum atomic E-state index is 5.96. The van der Waals surface area contributed by atoms with E-state index in [4.69, 9.17) is 5.73 Å². The average molecular weight is 238 g/mol. The molecule has 0 aromatic carbocycles. The lowest BCUT2D eigenvalue weighted by atomic mass is 9.79. The average Bonchev–Trinajstić information content (AvgIpc) is 3.14. The lowest BCUT2D eigenvalue weighted by Gasteiger charge is -2.40. The molecule has 1 unspecified atom stereocenters. The van der Waals surface area contributed by atoms with Gasteiger partial charge in [0.05, 0.1) is 0 Å². The molecule has 17 heavy (non-hydrogen) atoms. The van der Waals surface area contributed by atoms with Crippen LogP contribution in [0.1, 0.15) is 52.4 Å². The molecule has 0 radical (unpaired) electrons. The van der Waals surface area contributed by atoms with E-state index >= 15 is 0 Å². The van der Waals surface area contributed by atoms with Crippen molar-refractivity contribution in [2.75, 3.05) is 13.6 Å². The molecule has 2 aliphatic carbocycles. The number of likely N-dealkylation sites (N-methyl/N-ethyl adjacent to an activating group) is 1. The zero-order chi connectivity index (χ0) is 12.4.